The molecular weight excluding hydrogens is 272 g/mol. The highest BCUT2D eigenvalue weighted by atomic mass is 16.5. The van der Waals surface area contributed by atoms with Crippen LogP contribution in [0, 0.1) is 0 Å². The Labute approximate surface area is 125 Å². The van der Waals surface area contributed by atoms with Crippen LogP contribution >= 0.6 is 0 Å². The standard InChI is InChI=1S/C15H24N2O4/c1-21-11-12-4-8-17(9-5-12)14(20)16-15(10-13(18)19)6-2-3-7-15/h4H,2-3,5-11H2,1H3,(H,16,20)(H,18,19). The Kier molecular flexibility index (Phi) is 5.22. The SMILES string of the molecule is COCC1=CCN(C(=O)NC2(CC(=O)O)CCCC2)CC1. The largest absolute Gasteiger partial charge is 0.481 e. The summed E-state index contributed by atoms with van der Waals surface area (Å²) in [6.07, 6.45) is 6.31. The number of methoxy groups -OCH3 is 1. The number of carbonyl (C=O) groups excluding carboxylic acids is 1. The molecule has 118 valence electrons. The maximum absolute atomic E-state index is 12.4. The second-order valence-corrected chi connectivity index (χ2v) is 5.98. The maximum atomic E-state index is 12.4. The molecule has 2 rings (SSSR count). The normalized spacial score (nSPS) is 21.0. The summed E-state index contributed by atoms with van der Waals surface area (Å²) >= 11 is 0. The highest BCUT2D eigenvalue weighted by Gasteiger charge is 2.38. The molecule has 0 bridgehead atoms. The van der Waals surface area contributed by atoms with Crippen molar-refractivity contribution in [1.29, 1.82) is 0 Å². The predicted octanol–water partition coefficient (Wildman–Crippen LogP) is 1.76. The van der Waals surface area contributed by atoms with Crippen molar-refractivity contribution in [2.75, 3.05) is 26.8 Å². The van der Waals surface area contributed by atoms with Gasteiger partial charge in [0.25, 0.3) is 0 Å². The van der Waals surface area contributed by atoms with Crippen LogP contribution in [0.15, 0.2) is 11.6 Å². The molecule has 2 amide bonds. The van der Waals surface area contributed by atoms with Gasteiger partial charge in [-0.1, -0.05) is 18.9 Å². The third-order valence-electron chi connectivity index (χ3n) is 4.34. The number of carbonyl (C=O) groups is 2. The summed E-state index contributed by atoms with van der Waals surface area (Å²) in [5.74, 6) is -0.849. The zero-order valence-electron chi connectivity index (χ0n) is 12.6. The van der Waals surface area contributed by atoms with Crippen LogP contribution in [-0.2, 0) is 9.53 Å². The van der Waals surface area contributed by atoms with E-state index in [1.54, 1.807) is 12.0 Å². The lowest BCUT2D eigenvalue weighted by atomic mass is 9.93. The molecule has 6 heteroatoms. The minimum absolute atomic E-state index is 0.0113. The Hall–Kier alpha value is -1.56. The topological polar surface area (TPSA) is 78.9 Å². The molecule has 2 N–H and O–H groups in total. The molecule has 6 nitrogen and oxygen atoms in total. The Bertz CT molecular complexity index is 427. The van der Waals surface area contributed by atoms with Crippen molar-refractivity contribution in [1.82, 2.24) is 10.2 Å². The van der Waals surface area contributed by atoms with E-state index in [0.717, 1.165) is 32.1 Å². The van der Waals surface area contributed by atoms with Crippen LogP contribution in [0.4, 0.5) is 4.79 Å². The molecule has 2 aliphatic rings. The smallest absolute Gasteiger partial charge is 0.318 e. The molecule has 1 heterocycles. The maximum Gasteiger partial charge on any atom is 0.318 e. The number of ether oxygens (including phenoxy) is 1. The molecule has 0 aromatic rings. The van der Waals surface area contributed by atoms with E-state index in [2.05, 4.69) is 5.32 Å². The number of nitrogens with zero attached hydrogens (tertiary/aromatic N) is 1. The number of carboxylic acid groups (broad SMARTS) is 1. The van der Waals surface area contributed by atoms with Gasteiger partial charge in [-0.2, -0.15) is 0 Å². The highest BCUT2D eigenvalue weighted by Crippen LogP contribution is 2.33. The van der Waals surface area contributed by atoms with Gasteiger partial charge in [0.05, 0.1) is 18.6 Å². The lowest BCUT2D eigenvalue weighted by molar-refractivity contribution is -0.138. The number of carboxylic acids is 1. The van der Waals surface area contributed by atoms with Gasteiger partial charge in [-0.05, 0) is 24.8 Å². The number of aliphatic carboxylic acids is 1. The minimum atomic E-state index is -0.849. The van der Waals surface area contributed by atoms with E-state index in [4.69, 9.17) is 9.84 Å². The first kappa shape index (κ1) is 15.8. The summed E-state index contributed by atoms with van der Waals surface area (Å²) in [7, 11) is 1.66. The molecule has 0 spiro atoms. The van der Waals surface area contributed by atoms with Crippen molar-refractivity contribution in [2.24, 2.45) is 0 Å². The Morgan fingerprint density at radius 3 is 2.67 bits per heavy atom. The Morgan fingerprint density at radius 1 is 1.43 bits per heavy atom. The molecular formula is C15H24N2O4. The van der Waals surface area contributed by atoms with Crippen LogP contribution in [0.2, 0.25) is 0 Å². The molecule has 1 fully saturated rings. The molecule has 0 unspecified atom stereocenters. The number of urea groups is 1. The van der Waals surface area contributed by atoms with Crippen molar-refractivity contribution in [3.63, 3.8) is 0 Å². The molecule has 1 aliphatic carbocycles. The molecule has 1 saturated carbocycles. The fourth-order valence-electron chi connectivity index (χ4n) is 3.21. The van der Waals surface area contributed by atoms with Gasteiger partial charge in [0.15, 0.2) is 0 Å². The fraction of sp³-hybridized carbons (Fsp3) is 0.733. The zero-order chi connectivity index (χ0) is 15.3. The summed E-state index contributed by atoms with van der Waals surface area (Å²) < 4.78 is 5.09. The Morgan fingerprint density at radius 2 is 2.14 bits per heavy atom. The van der Waals surface area contributed by atoms with Crippen molar-refractivity contribution in [2.45, 2.75) is 44.1 Å². The monoisotopic (exact) mass is 296 g/mol. The second kappa shape index (κ2) is 6.93. The lowest BCUT2D eigenvalue weighted by Gasteiger charge is -2.33. The van der Waals surface area contributed by atoms with E-state index in [1.807, 2.05) is 6.08 Å². The van der Waals surface area contributed by atoms with E-state index in [-0.39, 0.29) is 12.5 Å². The quantitative estimate of drug-likeness (QED) is 0.758. The first-order valence-corrected chi connectivity index (χ1v) is 7.50. The predicted molar refractivity (Wildman–Crippen MR) is 78.1 cm³/mol. The van der Waals surface area contributed by atoms with Crippen molar-refractivity contribution in [3.05, 3.63) is 11.6 Å². The molecule has 1 aliphatic heterocycles. The average Bonchev–Trinajstić information content (AvgIpc) is 2.87. The van der Waals surface area contributed by atoms with E-state index >= 15 is 0 Å². The highest BCUT2D eigenvalue weighted by molar-refractivity contribution is 5.77. The van der Waals surface area contributed by atoms with Gasteiger partial charge in [-0.3, -0.25) is 4.79 Å². The van der Waals surface area contributed by atoms with Crippen molar-refractivity contribution in [3.8, 4) is 0 Å². The van der Waals surface area contributed by atoms with Crippen LogP contribution in [0.1, 0.15) is 38.5 Å². The first-order valence-electron chi connectivity index (χ1n) is 7.50. The van der Waals surface area contributed by atoms with E-state index < -0.39 is 11.5 Å². The van der Waals surface area contributed by atoms with Gasteiger partial charge in [0.2, 0.25) is 0 Å². The number of rotatable bonds is 5. The van der Waals surface area contributed by atoms with Crippen LogP contribution in [-0.4, -0.2) is 54.4 Å². The number of nitrogens with one attached hydrogen (secondary N) is 1. The van der Waals surface area contributed by atoms with Gasteiger partial charge in [0, 0.05) is 20.2 Å². The molecule has 0 aromatic heterocycles. The van der Waals surface area contributed by atoms with Crippen molar-refractivity contribution < 1.29 is 19.4 Å². The molecule has 21 heavy (non-hydrogen) atoms. The van der Waals surface area contributed by atoms with Crippen LogP contribution in [0.25, 0.3) is 0 Å². The molecule has 0 radical (unpaired) electrons. The first-order chi connectivity index (χ1) is 10.0. The average molecular weight is 296 g/mol. The van der Waals surface area contributed by atoms with Crippen LogP contribution in [0.3, 0.4) is 0 Å². The third kappa shape index (κ3) is 4.20. The van der Waals surface area contributed by atoms with E-state index in [0.29, 0.717) is 19.7 Å². The van der Waals surface area contributed by atoms with Crippen molar-refractivity contribution >= 4 is 12.0 Å². The molecule has 0 atom stereocenters. The molecule has 0 saturated heterocycles. The van der Waals surface area contributed by atoms with Gasteiger partial charge >= 0.3 is 12.0 Å². The minimum Gasteiger partial charge on any atom is -0.481 e. The fourth-order valence-corrected chi connectivity index (χ4v) is 3.21. The zero-order valence-corrected chi connectivity index (χ0v) is 12.6. The summed E-state index contributed by atoms with van der Waals surface area (Å²) in [4.78, 5) is 25.1. The summed E-state index contributed by atoms with van der Waals surface area (Å²) in [5.41, 5.74) is 0.655. The van der Waals surface area contributed by atoms with Crippen LogP contribution < -0.4 is 5.32 Å². The summed E-state index contributed by atoms with van der Waals surface area (Å²) in [6.45, 7) is 1.83. The number of amides is 2. The van der Waals surface area contributed by atoms with Gasteiger partial charge in [-0.25, -0.2) is 4.79 Å². The molecule has 0 aromatic carbocycles. The second-order valence-electron chi connectivity index (χ2n) is 5.98. The summed E-state index contributed by atoms with van der Waals surface area (Å²) in [6, 6.07) is -0.147. The van der Waals surface area contributed by atoms with Crippen LogP contribution in [0.5, 0.6) is 0 Å². The van der Waals surface area contributed by atoms with Gasteiger partial charge in [-0.15, -0.1) is 0 Å². The summed E-state index contributed by atoms with van der Waals surface area (Å²) in [5, 5.41) is 12.1. The van der Waals surface area contributed by atoms with Gasteiger partial charge < -0.3 is 20.1 Å². The van der Waals surface area contributed by atoms with E-state index in [1.165, 1.54) is 5.57 Å². The number of hydrogen-bond donors (Lipinski definition) is 2. The third-order valence-corrected chi connectivity index (χ3v) is 4.34. The lowest BCUT2D eigenvalue weighted by Crippen LogP contribution is -2.53. The van der Waals surface area contributed by atoms with E-state index in [9.17, 15) is 9.59 Å². The van der Waals surface area contributed by atoms with Gasteiger partial charge in [0.1, 0.15) is 0 Å². The number of hydrogen-bond acceptors (Lipinski definition) is 3. The Balaban J connectivity index is 1.93.